The smallest absolute Gasteiger partial charge is 0.405 e. The van der Waals surface area contributed by atoms with E-state index in [0.29, 0.717) is 29.6 Å². The van der Waals surface area contributed by atoms with Crippen LogP contribution in [0.2, 0.25) is 0 Å². The first-order valence-corrected chi connectivity index (χ1v) is 12.7. The summed E-state index contributed by atoms with van der Waals surface area (Å²) in [6.07, 6.45) is 5.85. The molecule has 4 N–H and O–H groups in total. The van der Waals surface area contributed by atoms with Crippen LogP contribution in [-0.4, -0.2) is 69.2 Å². The molecular formula is C27H32N6O6. The van der Waals surface area contributed by atoms with Gasteiger partial charge in [0.2, 0.25) is 11.8 Å². The number of likely N-dealkylation sites (N-methyl/N-ethyl adjacent to an activating group) is 1. The number of nitrogens with zero attached hydrogens (tertiary/aromatic N) is 3. The summed E-state index contributed by atoms with van der Waals surface area (Å²) in [6.45, 7) is 0.783. The zero-order chi connectivity index (χ0) is 27.9. The van der Waals surface area contributed by atoms with Gasteiger partial charge in [-0.25, -0.2) is 9.78 Å². The predicted molar refractivity (Wildman–Crippen MR) is 145 cm³/mol. The molecule has 1 saturated carbocycles. The zero-order valence-electron chi connectivity index (χ0n) is 21.8. The third kappa shape index (κ3) is 7.46. The van der Waals surface area contributed by atoms with Crippen molar-refractivity contribution in [1.29, 1.82) is 0 Å². The van der Waals surface area contributed by atoms with Crippen LogP contribution in [0.1, 0.15) is 31.5 Å². The fourth-order valence-corrected chi connectivity index (χ4v) is 3.89. The maximum absolute atomic E-state index is 13.1. The van der Waals surface area contributed by atoms with Crippen LogP contribution in [-0.2, 0) is 16.1 Å². The molecule has 3 aromatic rings. The molecule has 0 saturated heterocycles. The largest absolute Gasteiger partial charge is 0.491 e. The number of carbonyl (C=O) groups is 3. The second-order valence-electron chi connectivity index (χ2n) is 9.65. The molecule has 1 fully saturated rings. The van der Waals surface area contributed by atoms with Crippen molar-refractivity contribution in [3.8, 4) is 5.75 Å². The number of aromatic nitrogens is 3. The van der Waals surface area contributed by atoms with Crippen LogP contribution < -0.4 is 20.9 Å². The number of carboxylic acid groups (broad SMARTS) is 1. The highest BCUT2D eigenvalue weighted by atomic mass is 16.5. The first kappa shape index (κ1) is 27.4. The molecule has 1 aliphatic rings. The van der Waals surface area contributed by atoms with Crippen LogP contribution in [0.5, 0.6) is 5.75 Å². The Balaban J connectivity index is 1.44. The van der Waals surface area contributed by atoms with Crippen LogP contribution in [0, 0.1) is 5.92 Å². The number of para-hydroxylation sites is 1. The van der Waals surface area contributed by atoms with Gasteiger partial charge in [0, 0.05) is 20.3 Å². The summed E-state index contributed by atoms with van der Waals surface area (Å²) in [5, 5.41) is 13.9. The molecule has 0 bridgehead atoms. The lowest BCUT2D eigenvalue weighted by atomic mass is 10.1. The van der Waals surface area contributed by atoms with Gasteiger partial charge < -0.3 is 34.9 Å². The molecule has 1 aliphatic carbocycles. The number of benzene rings is 1. The van der Waals surface area contributed by atoms with Crippen molar-refractivity contribution in [3.05, 3.63) is 64.9 Å². The Morgan fingerprint density at radius 2 is 2.05 bits per heavy atom. The van der Waals surface area contributed by atoms with Crippen molar-refractivity contribution in [3.63, 3.8) is 0 Å². The van der Waals surface area contributed by atoms with Gasteiger partial charge in [-0.05, 0) is 61.9 Å². The monoisotopic (exact) mass is 536 g/mol. The number of pyridine rings is 1. The van der Waals surface area contributed by atoms with Gasteiger partial charge in [0.1, 0.15) is 28.8 Å². The second kappa shape index (κ2) is 12.3. The maximum Gasteiger partial charge on any atom is 0.405 e. The summed E-state index contributed by atoms with van der Waals surface area (Å²) >= 11 is 0. The average molecular weight is 537 g/mol. The molecule has 2 heterocycles. The molecular weight excluding hydrogens is 504 g/mol. The number of hydrogen-bond donors (Lipinski definition) is 4. The van der Waals surface area contributed by atoms with Gasteiger partial charge in [0.25, 0.3) is 5.56 Å². The topological polar surface area (TPSA) is 159 Å². The van der Waals surface area contributed by atoms with E-state index in [9.17, 15) is 19.2 Å². The van der Waals surface area contributed by atoms with Gasteiger partial charge in [-0.1, -0.05) is 12.1 Å². The van der Waals surface area contributed by atoms with Crippen LogP contribution in [0.25, 0.3) is 11.0 Å². The number of anilines is 1. The molecule has 1 atom stereocenters. The number of nitrogens with one attached hydrogen (secondary N) is 3. The Hall–Kier alpha value is -4.61. The van der Waals surface area contributed by atoms with Crippen molar-refractivity contribution in [2.45, 2.75) is 38.3 Å². The molecule has 2 aromatic heterocycles. The Kier molecular flexibility index (Phi) is 8.64. The molecule has 3 amide bonds. The minimum atomic E-state index is -1.38. The number of hydrogen-bond acceptors (Lipinski definition) is 6. The summed E-state index contributed by atoms with van der Waals surface area (Å²) in [5.74, 6) is 0.930. The molecule has 206 valence electrons. The Morgan fingerprint density at radius 3 is 2.77 bits per heavy atom. The lowest BCUT2D eigenvalue weighted by Crippen LogP contribution is -2.44. The summed E-state index contributed by atoms with van der Waals surface area (Å²) in [6, 6.07) is 7.57. The van der Waals surface area contributed by atoms with E-state index in [0.717, 1.165) is 5.52 Å². The Labute approximate surface area is 224 Å². The lowest BCUT2D eigenvalue weighted by molar-refractivity contribution is -0.123. The summed E-state index contributed by atoms with van der Waals surface area (Å²) in [7, 11) is 3.22. The van der Waals surface area contributed by atoms with Gasteiger partial charge in [-0.3, -0.25) is 14.4 Å². The molecule has 4 rings (SSSR count). The Bertz CT molecular complexity index is 1440. The van der Waals surface area contributed by atoms with E-state index in [2.05, 4.69) is 20.6 Å². The van der Waals surface area contributed by atoms with Crippen LogP contribution >= 0.6 is 0 Å². The van der Waals surface area contributed by atoms with E-state index in [1.807, 2.05) is 18.2 Å². The number of H-pyrrole nitrogens is 1. The van der Waals surface area contributed by atoms with E-state index in [4.69, 9.17) is 9.84 Å². The maximum atomic E-state index is 13.1. The SMILES string of the molecule is CN(C)C(=O)/C=C/CC[C@H](NC(=O)O)C(=O)Nc1cccn(Cc2nc3c(OCC4CC4)cccc3[nH]2)c1=O. The summed E-state index contributed by atoms with van der Waals surface area (Å²) in [4.78, 5) is 58.1. The quantitative estimate of drug-likeness (QED) is 0.259. The van der Waals surface area contributed by atoms with Crippen LogP contribution in [0.3, 0.4) is 0 Å². The fourth-order valence-electron chi connectivity index (χ4n) is 3.89. The van der Waals surface area contributed by atoms with Crippen LogP contribution in [0.15, 0.2) is 53.5 Å². The van der Waals surface area contributed by atoms with Crippen LogP contribution in [0.4, 0.5) is 10.5 Å². The molecule has 12 nitrogen and oxygen atoms in total. The van der Waals surface area contributed by atoms with E-state index in [1.165, 1.54) is 34.5 Å². The number of aromatic amines is 1. The van der Waals surface area contributed by atoms with E-state index >= 15 is 0 Å². The highest BCUT2D eigenvalue weighted by molar-refractivity contribution is 5.96. The van der Waals surface area contributed by atoms with Gasteiger partial charge in [-0.15, -0.1) is 0 Å². The first-order chi connectivity index (χ1) is 18.7. The molecule has 0 spiro atoms. The number of fused-ring (bicyclic) bond motifs is 1. The first-order valence-electron chi connectivity index (χ1n) is 12.7. The van der Waals surface area contributed by atoms with Gasteiger partial charge in [-0.2, -0.15) is 0 Å². The Morgan fingerprint density at radius 1 is 1.26 bits per heavy atom. The molecule has 39 heavy (non-hydrogen) atoms. The van der Waals surface area contributed by atoms with Crippen molar-refractivity contribution in [2.75, 3.05) is 26.0 Å². The number of carbonyl (C=O) groups excluding carboxylic acids is 2. The highest BCUT2D eigenvalue weighted by Gasteiger charge is 2.23. The zero-order valence-corrected chi connectivity index (χ0v) is 21.8. The number of ether oxygens (including phenoxy) is 1. The summed E-state index contributed by atoms with van der Waals surface area (Å²) in [5.41, 5.74) is 1.01. The minimum absolute atomic E-state index is 0.00239. The van der Waals surface area contributed by atoms with E-state index in [-0.39, 0.29) is 31.0 Å². The minimum Gasteiger partial charge on any atom is -0.491 e. The number of imidazole rings is 1. The predicted octanol–water partition coefficient (Wildman–Crippen LogP) is 2.56. The van der Waals surface area contributed by atoms with Crippen molar-refractivity contribution in [2.24, 2.45) is 5.92 Å². The van der Waals surface area contributed by atoms with E-state index in [1.54, 1.807) is 32.4 Å². The molecule has 0 aliphatic heterocycles. The number of allylic oxidation sites excluding steroid dienone is 1. The molecule has 12 heteroatoms. The standard InChI is InChI=1S/C27H32N6O6/c1-32(2)23(34)11-4-3-7-19(30-27(37)38)25(35)29-20-9-6-14-33(26(20)36)15-22-28-18-8-5-10-21(24(18)31-22)39-16-17-12-13-17/h4-6,8-11,14,17,19,30H,3,7,12-13,15-16H2,1-2H3,(H,28,31)(H,29,35)(H,37,38)/b11-4+/t19-/m0/s1. The highest BCUT2D eigenvalue weighted by Crippen LogP contribution is 2.31. The van der Waals surface area contributed by atoms with Gasteiger partial charge >= 0.3 is 6.09 Å². The third-order valence-electron chi connectivity index (χ3n) is 6.23. The summed E-state index contributed by atoms with van der Waals surface area (Å²) < 4.78 is 7.33. The normalized spacial score (nSPS) is 13.8. The van der Waals surface area contributed by atoms with Gasteiger partial charge in [0.15, 0.2) is 0 Å². The van der Waals surface area contributed by atoms with Crippen molar-refractivity contribution in [1.82, 2.24) is 24.8 Å². The fraction of sp³-hybridized carbons (Fsp3) is 0.370. The van der Waals surface area contributed by atoms with Crippen molar-refractivity contribution >= 4 is 34.6 Å². The third-order valence-corrected chi connectivity index (χ3v) is 6.23. The molecule has 0 radical (unpaired) electrons. The van der Waals surface area contributed by atoms with Crippen molar-refractivity contribution < 1.29 is 24.2 Å². The number of rotatable bonds is 12. The van der Waals surface area contributed by atoms with E-state index < -0.39 is 23.6 Å². The number of amides is 3. The lowest BCUT2D eigenvalue weighted by Gasteiger charge is -2.16. The average Bonchev–Trinajstić information content (AvgIpc) is 3.63. The second-order valence-corrected chi connectivity index (χ2v) is 9.65. The van der Waals surface area contributed by atoms with Gasteiger partial charge in [0.05, 0.1) is 18.7 Å². The molecule has 0 unspecified atom stereocenters. The molecule has 1 aromatic carbocycles.